The summed E-state index contributed by atoms with van der Waals surface area (Å²) in [4.78, 5) is 22.8. The van der Waals surface area contributed by atoms with Gasteiger partial charge in [0.1, 0.15) is 0 Å². The maximum Gasteiger partial charge on any atom is 0.224 e. The van der Waals surface area contributed by atoms with Crippen LogP contribution >= 0.6 is 11.3 Å². The zero-order valence-corrected chi connectivity index (χ0v) is 10.4. The average molecular weight is 252 g/mol. The predicted molar refractivity (Wildman–Crippen MR) is 66.8 cm³/mol. The van der Waals surface area contributed by atoms with Gasteiger partial charge in [0.25, 0.3) is 0 Å². The van der Waals surface area contributed by atoms with Crippen LogP contribution in [0.5, 0.6) is 0 Å². The lowest BCUT2D eigenvalue weighted by Crippen LogP contribution is -2.35. The summed E-state index contributed by atoms with van der Waals surface area (Å²) in [5, 5.41) is 9.52. The van der Waals surface area contributed by atoms with E-state index in [0.717, 1.165) is 18.4 Å². The van der Waals surface area contributed by atoms with Gasteiger partial charge in [-0.3, -0.25) is 9.59 Å². The summed E-state index contributed by atoms with van der Waals surface area (Å²) in [7, 11) is 0. The summed E-state index contributed by atoms with van der Waals surface area (Å²) < 4.78 is 0. The minimum atomic E-state index is 0.00377. The van der Waals surface area contributed by atoms with Crippen molar-refractivity contribution >= 4 is 23.2 Å². The fraction of sp³-hybridized carbons (Fsp3) is 0.500. The smallest absolute Gasteiger partial charge is 0.224 e. The molecule has 1 saturated carbocycles. The van der Waals surface area contributed by atoms with Gasteiger partial charge in [0.15, 0.2) is 0 Å². The van der Waals surface area contributed by atoms with Crippen LogP contribution in [-0.4, -0.2) is 24.9 Å². The fourth-order valence-electron chi connectivity index (χ4n) is 1.52. The van der Waals surface area contributed by atoms with Crippen LogP contribution < -0.4 is 10.6 Å². The van der Waals surface area contributed by atoms with Gasteiger partial charge < -0.3 is 10.6 Å². The van der Waals surface area contributed by atoms with E-state index in [2.05, 4.69) is 10.6 Å². The Morgan fingerprint density at radius 2 is 2.06 bits per heavy atom. The van der Waals surface area contributed by atoms with E-state index in [-0.39, 0.29) is 17.7 Å². The molecule has 2 N–H and O–H groups in total. The molecule has 0 spiro atoms. The molecule has 1 aromatic heterocycles. The maximum atomic E-state index is 11.5. The van der Waals surface area contributed by atoms with Crippen LogP contribution in [0.3, 0.4) is 0 Å². The minimum absolute atomic E-state index is 0.00377. The molecule has 0 unspecified atom stereocenters. The van der Waals surface area contributed by atoms with Crippen molar-refractivity contribution in [2.75, 3.05) is 13.1 Å². The molecular weight excluding hydrogens is 236 g/mol. The SMILES string of the molecule is O=C(Cc1ccsc1)NCCNC(=O)C1CC1. The molecule has 2 amide bonds. The Kier molecular flexibility index (Phi) is 4.14. The molecule has 4 nitrogen and oxygen atoms in total. The fourth-order valence-corrected chi connectivity index (χ4v) is 2.19. The third kappa shape index (κ3) is 4.19. The standard InChI is InChI=1S/C12H16N2O2S/c15-11(7-9-3-6-17-8-9)13-4-5-14-12(16)10-1-2-10/h3,6,8,10H,1-2,4-5,7H2,(H,13,15)(H,14,16). The number of rotatable bonds is 6. The van der Waals surface area contributed by atoms with Gasteiger partial charge in [-0.25, -0.2) is 0 Å². The first-order valence-electron chi connectivity index (χ1n) is 5.81. The summed E-state index contributed by atoms with van der Waals surface area (Å²) in [5.74, 6) is 0.359. The molecule has 1 aromatic rings. The lowest BCUT2D eigenvalue weighted by molar-refractivity contribution is -0.123. The quantitative estimate of drug-likeness (QED) is 0.740. The molecule has 2 rings (SSSR count). The predicted octanol–water partition coefficient (Wildman–Crippen LogP) is 0.933. The molecule has 1 heterocycles. The zero-order chi connectivity index (χ0) is 12.1. The molecule has 1 aliphatic carbocycles. The number of amides is 2. The second-order valence-corrected chi connectivity index (χ2v) is 5.00. The van der Waals surface area contributed by atoms with Gasteiger partial charge in [-0.2, -0.15) is 11.3 Å². The summed E-state index contributed by atoms with van der Waals surface area (Å²) in [6.45, 7) is 1.02. The van der Waals surface area contributed by atoms with Crippen LogP contribution in [0.4, 0.5) is 0 Å². The second-order valence-electron chi connectivity index (χ2n) is 4.22. The highest BCUT2D eigenvalue weighted by molar-refractivity contribution is 7.07. The largest absolute Gasteiger partial charge is 0.354 e. The lowest BCUT2D eigenvalue weighted by atomic mass is 10.2. The van der Waals surface area contributed by atoms with Crippen molar-refractivity contribution in [3.05, 3.63) is 22.4 Å². The molecule has 1 aliphatic rings. The zero-order valence-electron chi connectivity index (χ0n) is 9.57. The van der Waals surface area contributed by atoms with Gasteiger partial charge in [-0.05, 0) is 35.2 Å². The normalized spacial score (nSPS) is 14.4. The van der Waals surface area contributed by atoms with Gasteiger partial charge >= 0.3 is 0 Å². The summed E-state index contributed by atoms with van der Waals surface area (Å²) >= 11 is 1.59. The van der Waals surface area contributed by atoms with E-state index in [0.29, 0.717) is 19.5 Å². The van der Waals surface area contributed by atoms with Crippen molar-refractivity contribution < 1.29 is 9.59 Å². The second kappa shape index (κ2) is 5.82. The van der Waals surface area contributed by atoms with Gasteiger partial charge in [-0.15, -0.1) is 0 Å². The van der Waals surface area contributed by atoms with Crippen LogP contribution in [-0.2, 0) is 16.0 Å². The molecule has 92 valence electrons. The van der Waals surface area contributed by atoms with E-state index in [1.807, 2.05) is 16.8 Å². The molecule has 0 aromatic carbocycles. The Bertz CT molecular complexity index is 385. The Morgan fingerprint density at radius 3 is 2.71 bits per heavy atom. The Hall–Kier alpha value is -1.36. The van der Waals surface area contributed by atoms with E-state index in [1.165, 1.54) is 0 Å². The van der Waals surface area contributed by atoms with E-state index < -0.39 is 0 Å². The molecule has 0 radical (unpaired) electrons. The highest BCUT2D eigenvalue weighted by Crippen LogP contribution is 2.28. The van der Waals surface area contributed by atoms with Gasteiger partial charge in [0.05, 0.1) is 6.42 Å². The summed E-state index contributed by atoms with van der Waals surface area (Å²) in [6.07, 6.45) is 2.44. The first-order valence-corrected chi connectivity index (χ1v) is 6.75. The third-order valence-corrected chi connectivity index (χ3v) is 3.37. The van der Waals surface area contributed by atoms with Crippen molar-refractivity contribution in [1.82, 2.24) is 10.6 Å². The number of carbonyl (C=O) groups excluding carboxylic acids is 2. The van der Waals surface area contributed by atoms with Gasteiger partial charge in [-0.1, -0.05) is 0 Å². The number of nitrogens with one attached hydrogen (secondary N) is 2. The van der Waals surface area contributed by atoms with Crippen molar-refractivity contribution in [3.63, 3.8) is 0 Å². The molecular formula is C12H16N2O2S. The van der Waals surface area contributed by atoms with Crippen LogP contribution in [0.1, 0.15) is 18.4 Å². The highest BCUT2D eigenvalue weighted by atomic mass is 32.1. The van der Waals surface area contributed by atoms with Crippen molar-refractivity contribution in [2.24, 2.45) is 5.92 Å². The third-order valence-electron chi connectivity index (χ3n) is 2.64. The average Bonchev–Trinajstić information content (AvgIpc) is 3.04. The molecule has 17 heavy (non-hydrogen) atoms. The Labute approximate surface area is 104 Å². The minimum Gasteiger partial charge on any atom is -0.354 e. The van der Waals surface area contributed by atoms with E-state index in [9.17, 15) is 9.59 Å². The first kappa shape index (κ1) is 12.1. The molecule has 0 bridgehead atoms. The van der Waals surface area contributed by atoms with Crippen LogP contribution in [0.15, 0.2) is 16.8 Å². The van der Waals surface area contributed by atoms with Crippen LogP contribution in [0.25, 0.3) is 0 Å². The summed E-state index contributed by atoms with van der Waals surface area (Å²) in [6, 6.07) is 1.94. The van der Waals surface area contributed by atoms with Crippen molar-refractivity contribution in [1.29, 1.82) is 0 Å². The van der Waals surface area contributed by atoms with E-state index in [1.54, 1.807) is 11.3 Å². The maximum absolute atomic E-state index is 11.5. The topological polar surface area (TPSA) is 58.2 Å². The number of hydrogen-bond donors (Lipinski definition) is 2. The molecule has 0 atom stereocenters. The van der Waals surface area contributed by atoms with Crippen molar-refractivity contribution in [3.8, 4) is 0 Å². The number of thiophene rings is 1. The Balaban J connectivity index is 1.55. The number of hydrogen-bond acceptors (Lipinski definition) is 3. The molecule has 5 heteroatoms. The van der Waals surface area contributed by atoms with E-state index in [4.69, 9.17) is 0 Å². The molecule has 0 aliphatic heterocycles. The van der Waals surface area contributed by atoms with Crippen LogP contribution in [0, 0.1) is 5.92 Å². The van der Waals surface area contributed by atoms with Gasteiger partial charge in [0.2, 0.25) is 11.8 Å². The molecule has 0 saturated heterocycles. The number of carbonyl (C=O) groups is 2. The molecule has 1 fully saturated rings. The summed E-state index contributed by atoms with van der Waals surface area (Å²) in [5.41, 5.74) is 1.04. The van der Waals surface area contributed by atoms with E-state index >= 15 is 0 Å². The van der Waals surface area contributed by atoms with Crippen LogP contribution in [0.2, 0.25) is 0 Å². The lowest BCUT2D eigenvalue weighted by Gasteiger charge is -2.06. The Morgan fingerprint density at radius 1 is 1.29 bits per heavy atom. The van der Waals surface area contributed by atoms with Crippen molar-refractivity contribution in [2.45, 2.75) is 19.3 Å². The van der Waals surface area contributed by atoms with Gasteiger partial charge in [0, 0.05) is 19.0 Å². The highest BCUT2D eigenvalue weighted by Gasteiger charge is 2.28. The first-order chi connectivity index (χ1) is 8.25. The monoisotopic (exact) mass is 252 g/mol.